The summed E-state index contributed by atoms with van der Waals surface area (Å²) in [5, 5.41) is 5.19. The highest BCUT2D eigenvalue weighted by molar-refractivity contribution is 7.16. The van der Waals surface area contributed by atoms with E-state index >= 15 is 0 Å². The van der Waals surface area contributed by atoms with Crippen molar-refractivity contribution in [2.24, 2.45) is 11.5 Å². The number of carbonyl (C=O) groups is 1. The van der Waals surface area contributed by atoms with Gasteiger partial charge in [0.15, 0.2) is 0 Å². The topological polar surface area (TPSA) is 84.4 Å². The van der Waals surface area contributed by atoms with Gasteiger partial charge >= 0.3 is 6.03 Å². The first-order valence-electron chi connectivity index (χ1n) is 7.76. The highest BCUT2D eigenvalue weighted by Crippen LogP contribution is 2.43. The van der Waals surface area contributed by atoms with Crippen LogP contribution in [0.4, 0.5) is 9.80 Å². The first-order valence-corrected chi connectivity index (χ1v) is 8.95. The standard InChI is InChI=1S/C17H17ClN4OS/c18-12-4-2-1-3-10(12)15-11-7-14(21-9-5-6-9)24-13(11)8-22(16(15)19)17(20)23/h1-4,7,9,21H,5-6,8,19H2,(H2,20,23). The summed E-state index contributed by atoms with van der Waals surface area (Å²) in [4.78, 5) is 14.3. The molecule has 4 rings (SSSR count). The van der Waals surface area contributed by atoms with E-state index in [9.17, 15) is 4.79 Å². The molecule has 0 atom stereocenters. The Morgan fingerprint density at radius 1 is 1.29 bits per heavy atom. The van der Waals surface area contributed by atoms with Crippen molar-refractivity contribution in [3.8, 4) is 0 Å². The van der Waals surface area contributed by atoms with E-state index in [2.05, 4.69) is 11.4 Å². The highest BCUT2D eigenvalue weighted by atomic mass is 35.5. The average Bonchev–Trinajstić information content (AvgIpc) is 3.25. The number of nitrogens with two attached hydrogens (primary N) is 2. The third-order valence-electron chi connectivity index (χ3n) is 4.26. The average molecular weight is 361 g/mol. The molecular weight excluding hydrogens is 344 g/mol. The van der Waals surface area contributed by atoms with Crippen molar-refractivity contribution in [3.63, 3.8) is 0 Å². The number of hydrogen-bond donors (Lipinski definition) is 3. The summed E-state index contributed by atoms with van der Waals surface area (Å²) in [5.74, 6) is 0.346. The lowest BCUT2D eigenvalue weighted by atomic mass is 9.95. The molecule has 0 spiro atoms. The van der Waals surface area contributed by atoms with Gasteiger partial charge in [0.2, 0.25) is 0 Å². The number of halogens is 1. The molecular formula is C17H17ClN4OS. The molecule has 2 amide bonds. The minimum Gasteiger partial charge on any atom is -0.384 e. The SMILES string of the molecule is NC(=O)N1Cc2sc(NC3CC3)cc2C(c2ccccc2Cl)=C1N. The van der Waals surface area contributed by atoms with Crippen molar-refractivity contribution in [1.82, 2.24) is 4.90 Å². The van der Waals surface area contributed by atoms with Crippen LogP contribution in [-0.2, 0) is 6.54 Å². The molecule has 0 unspecified atom stereocenters. The molecule has 124 valence electrons. The molecule has 0 saturated heterocycles. The molecule has 2 aromatic rings. The van der Waals surface area contributed by atoms with Crippen LogP contribution in [0.2, 0.25) is 5.02 Å². The van der Waals surface area contributed by atoms with Gasteiger partial charge in [0.25, 0.3) is 0 Å². The number of nitrogens with one attached hydrogen (secondary N) is 1. The van der Waals surface area contributed by atoms with Crippen molar-refractivity contribution >= 4 is 39.5 Å². The van der Waals surface area contributed by atoms with Crippen LogP contribution >= 0.6 is 22.9 Å². The van der Waals surface area contributed by atoms with E-state index in [0.29, 0.717) is 23.4 Å². The van der Waals surface area contributed by atoms with Gasteiger partial charge in [0.1, 0.15) is 5.82 Å². The van der Waals surface area contributed by atoms with E-state index in [1.165, 1.54) is 17.7 Å². The van der Waals surface area contributed by atoms with E-state index in [1.54, 1.807) is 11.3 Å². The molecule has 1 aliphatic carbocycles. The second-order valence-electron chi connectivity index (χ2n) is 6.03. The Hall–Kier alpha value is -2.18. The maximum atomic E-state index is 11.8. The second-order valence-corrected chi connectivity index (χ2v) is 7.57. The predicted molar refractivity (Wildman–Crippen MR) is 97.8 cm³/mol. The molecule has 5 nitrogen and oxygen atoms in total. The number of carbonyl (C=O) groups excluding carboxylic acids is 1. The third-order valence-corrected chi connectivity index (χ3v) is 5.64. The summed E-state index contributed by atoms with van der Waals surface area (Å²) in [6.07, 6.45) is 2.40. The summed E-state index contributed by atoms with van der Waals surface area (Å²) in [7, 11) is 0. The van der Waals surface area contributed by atoms with E-state index in [1.807, 2.05) is 24.3 Å². The molecule has 0 radical (unpaired) electrons. The van der Waals surface area contributed by atoms with Crippen LogP contribution in [0.15, 0.2) is 36.2 Å². The van der Waals surface area contributed by atoms with Gasteiger partial charge < -0.3 is 16.8 Å². The van der Waals surface area contributed by atoms with Crippen LogP contribution in [0.25, 0.3) is 5.57 Å². The van der Waals surface area contributed by atoms with Crippen molar-refractivity contribution < 1.29 is 4.79 Å². The van der Waals surface area contributed by atoms with Crippen LogP contribution in [0, 0.1) is 0 Å². The summed E-state index contributed by atoms with van der Waals surface area (Å²) in [6.45, 7) is 0.390. The molecule has 1 aliphatic heterocycles. The van der Waals surface area contributed by atoms with Crippen molar-refractivity contribution in [1.29, 1.82) is 0 Å². The van der Waals surface area contributed by atoms with Crippen molar-refractivity contribution in [2.75, 3.05) is 5.32 Å². The molecule has 0 bridgehead atoms. The molecule has 5 N–H and O–H groups in total. The fourth-order valence-corrected chi connectivity index (χ4v) is 4.27. The largest absolute Gasteiger partial charge is 0.384 e. The van der Waals surface area contributed by atoms with Gasteiger partial charge in [-0.3, -0.25) is 4.90 Å². The van der Waals surface area contributed by atoms with Crippen LogP contribution in [0.5, 0.6) is 0 Å². The Labute approximate surface area is 148 Å². The summed E-state index contributed by atoms with van der Waals surface area (Å²) >= 11 is 8.02. The minimum atomic E-state index is -0.562. The molecule has 1 aromatic heterocycles. The second kappa shape index (κ2) is 5.72. The van der Waals surface area contributed by atoms with Gasteiger partial charge in [-0.15, -0.1) is 11.3 Å². The number of nitrogens with zero attached hydrogens (tertiary/aromatic N) is 1. The van der Waals surface area contributed by atoms with Crippen LogP contribution < -0.4 is 16.8 Å². The summed E-state index contributed by atoms with van der Waals surface area (Å²) < 4.78 is 0. The number of thiophene rings is 1. The fraction of sp³-hybridized carbons (Fsp3) is 0.235. The first-order chi connectivity index (χ1) is 11.5. The van der Waals surface area contributed by atoms with Crippen molar-refractivity contribution in [3.05, 3.63) is 57.2 Å². The zero-order valence-corrected chi connectivity index (χ0v) is 14.5. The van der Waals surface area contributed by atoms with Crippen molar-refractivity contribution in [2.45, 2.75) is 25.4 Å². The van der Waals surface area contributed by atoms with Gasteiger partial charge in [0.05, 0.1) is 11.5 Å². The number of urea groups is 1. The number of rotatable bonds is 3. The molecule has 1 aromatic carbocycles. The van der Waals surface area contributed by atoms with Crippen LogP contribution in [0.3, 0.4) is 0 Å². The number of fused-ring (bicyclic) bond motifs is 1. The number of primary amides is 1. The van der Waals surface area contributed by atoms with Crippen LogP contribution in [-0.4, -0.2) is 17.0 Å². The van der Waals surface area contributed by atoms with Gasteiger partial charge in [-0.2, -0.15) is 0 Å². The lowest BCUT2D eigenvalue weighted by molar-refractivity contribution is 0.218. The summed E-state index contributed by atoms with van der Waals surface area (Å²) in [5.41, 5.74) is 14.4. The Morgan fingerprint density at radius 2 is 2.04 bits per heavy atom. The Kier molecular flexibility index (Phi) is 3.66. The molecule has 1 fully saturated rings. The van der Waals surface area contributed by atoms with E-state index < -0.39 is 6.03 Å². The Bertz CT molecular complexity index is 856. The Balaban J connectivity index is 1.86. The quantitative estimate of drug-likeness (QED) is 0.782. The molecule has 1 saturated carbocycles. The van der Waals surface area contributed by atoms with Gasteiger partial charge in [0, 0.05) is 32.6 Å². The fourth-order valence-electron chi connectivity index (χ4n) is 2.90. The number of benzene rings is 1. The number of hydrogen-bond acceptors (Lipinski definition) is 4. The highest BCUT2D eigenvalue weighted by Gasteiger charge is 2.31. The monoisotopic (exact) mass is 360 g/mol. The molecule has 7 heteroatoms. The molecule has 2 aliphatic rings. The maximum Gasteiger partial charge on any atom is 0.320 e. The zero-order chi connectivity index (χ0) is 16.8. The normalized spacial score (nSPS) is 17.0. The number of amides is 2. The molecule has 24 heavy (non-hydrogen) atoms. The van der Waals surface area contributed by atoms with Crippen LogP contribution in [0.1, 0.15) is 28.8 Å². The Morgan fingerprint density at radius 3 is 2.71 bits per heavy atom. The van der Waals surface area contributed by atoms with Gasteiger partial charge in [-0.05, 0) is 25.0 Å². The third kappa shape index (κ3) is 2.61. The lowest BCUT2D eigenvalue weighted by Gasteiger charge is -2.28. The van der Waals surface area contributed by atoms with Gasteiger partial charge in [-0.1, -0.05) is 29.8 Å². The van der Waals surface area contributed by atoms with E-state index in [4.69, 9.17) is 23.1 Å². The predicted octanol–water partition coefficient (Wildman–Crippen LogP) is 3.55. The zero-order valence-electron chi connectivity index (χ0n) is 12.9. The lowest BCUT2D eigenvalue weighted by Crippen LogP contribution is -2.40. The smallest absolute Gasteiger partial charge is 0.320 e. The van der Waals surface area contributed by atoms with E-state index in [-0.39, 0.29) is 0 Å². The first kappa shape index (κ1) is 15.4. The van der Waals surface area contributed by atoms with Gasteiger partial charge in [-0.25, -0.2) is 4.79 Å². The molecule has 2 heterocycles. The van der Waals surface area contributed by atoms with E-state index in [0.717, 1.165) is 26.6 Å². The maximum absolute atomic E-state index is 11.8. The summed E-state index contributed by atoms with van der Waals surface area (Å²) in [6, 6.07) is 9.59. The number of anilines is 1. The minimum absolute atomic E-state index is 0.346.